The first-order valence-corrected chi connectivity index (χ1v) is 6.45. The maximum atomic E-state index is 11.8. The molecule has 18 heavy (non-hydrogen) atoms. The van der Waals surface area contributed by atoms with Crippen molar-refractivity contribution in [3.63, 3.8) is 0 Å². The summed E-state index contributed by atoms with van der Waals surface area (Å²) in [6.07, 6.45) is 4.27. The zero-order valence-electron chi connectivity index (χ0n) is 10.5. The minimum atomic E-state index is -0.352. The fourth-order valence-electron chi connectivity index (χ4n) is 2.33. The van der Waals surface area contributed by atoms with Gasteiger partial charge in [-0.05, 0) is 18.8 Å². The van der Waals surface area contributed by atoms with Gasteiger partial charge in [0.2, 0.25) is 0 Å². The SMILES string of the molecule is COC(=O)c1nc(CC2CC2)nc2c1CNCC2. The molecule has 0 amide bonds. The van der Waals surface area contributed by atoms with E-state index in [0.717, 1.165) is 42.4 Å². The maximum absolute atomic E-state index is 11.8. The second-order valence-electron chi connectivity index (χ2n) is 4.98. The highest BCUT2D eigenvalue weighted by atomic mass is 16.5. The van der Waals surface area contributed by atoms with Gasteiger partial charge in [-0.3, -0.25) is 0 Å². The van der Waals surface area contributed by atoms with E-state index in [9.17, 15) is 4.79 Å². The molecule has 1 aromatic heterocycles. The fourth-order valence-corrected chi connectivity index (χ4v) is 2.33. The van der Waals surface area contributed by atoms with E-state index in [4.69, 9.17) is 4.74 Å². The van der Waals surface area contributed by atoms with Crippen LogP contribution in [0, 0.1) is 5.92 Å². The van der Waals surface area contributed by atoms with Gasteiger partial charge in [0, 0.05) is 31.5 Å². The number of fused-ring (bicyclic) bond motifs is 1. The fraction of sp³-hybridized carbons (Fsp3) is 0.615. The molecule has 0 bridgehead atoms. The first kappa shape index (κ1) is 11.6. The minimum Gasteiger partial charge on any atom is -0.464 e. The lowest BCUT2D eigenvalue weighted by Crippen LogP contribution is -2.28. The Labute approximate surface area is 106 Å². The Morgan fingerprint density at radius 2 is 2.28 bits per heavy atom. The zero-order chi connectivity index (χ0) is 12.5. The molecule has 1 aliphatic heterocycles. The summed E-state index contributed by atoms with van der Waals surface area (Å²) in [4.78, 5) is 20.8. The van der Waals surface area contributed by atoms with E-state index in [-0.39, 0.29) is 5.97 Å². The lowest BCUT2D eigenvalue weighted by Gasteiger charge is -2.19. The van der Waals surface area contributed by atoms with Crippen LogP contribution in [-0.2, 0) is 24.1 Å². The molecular weight excluding hydrogens is 230 g/mol. The maximum Gasteiger partial charge on any atom is 0.357 e. The standard InChI is InChI=1S/C13H17N3O2/c1-18-13(17)12-9-7-14-5-4-10(9)15-11(16-12)6-8-2-3-8/h8,14H,2-7H2,1H3. The highest BCUT2D eigenvalue weighted by Gasteiger charge is 2.26. The van der Waals surface area contributed by atoms with Gasteiger partial charge in [-0.2, -0.15) is 0 Å². The summed E-state index contributed by atoms with van der Waals surface area (Å²) in [5.41, 5.74) is 2.37. The normalized spacial score (nSPS) is 18.3. The van der Waals surface area contributed by atoms with E-state index in [2.05, 4.69) is 15.3 Å². The van der Waals surface area contributed by atoms with E-state index < -0.39 is 0 Å². The second kappa shape index (κ2) is 4.65. The van der Waals surface area contributed by atoms with Crippen LogP contribution in [0.2, 0.25) is 0 Å². The van der Waals surface area contributed by atoms with Crippen LogP contribution in [0.4, 0.5) is 0 Å². The summed E-state index contributed by atoms with van der Waals surface area (Å²) >= 11 is 0. The molecule has 1 fully saturated rings. The molecule has 0 saturated heterocycles. The summed E-state index contributed by atoms with van der Waals surface area (Å²) in [6.45, 7) is 1.57. The Kier molecular flexibility index (Phi) is 2.99. The minimum absolute atomic E-state index is 0.352. The van der Waals surface area contributed by atoms with E-state index >= 15 is 0 Å². The van der Waals surface area contributed by atoms with Gasteiger partial charge in [0.1, 0.15) is 5.82 Å². The molecule has 5 nitrogen and oxygen atoms in total. The molecule has 0 radical (unpaired) electrons. The molecule has 0 unspecified atom stereocenters. The highest BCUT2D eigenvalue weighted by Crippen LogP contribution is 2.32. The molecule has 1 N–H and O–H groups in total. The third kappa shape index (κ3) is 2.22. The topological polar surface area (TPSA) is 64.1 Å². The van der Waals surface area contributed by atoms with E-state index in [1.807, 2.05) is 0 Å². The molecule has 2 aliphatic rings. The summed E-state index contributed by atoms with van der Waals surface area (Å²) in [5.74, 6) is 1.17. The third-order valence-corrected chi connectivity index (χ3v) is 3.53. The summed E-state index contributed by atoms with van der Waals surface area (Å²) in [5, 5.41) is 3.25. The van der Waals surface area contributed by atoms with E-state index in [1.165, 1.54) is 20.0 Å². The molecular formula is C13H17N3O2. The van der Waals surface area contributed by atoms with Gasteiger partial charge >= 0.3 is 5.97 Å². The molecule has 1 aromatic rings. The lowest BCUT2D eigenvalue weighted by molar-refractivity contribution is 0.0591. The van der Waals surface area contributed by atoms with Crippen LogP contribution >= 0.6 is 0 Å². The summed E-state index contributed by atoms with van der Waals surface area (Å²) in [6, 6.07) is 0. The molecule has 96 valence electrons. The van der Waals surface area contributed by atoms with Crippen molar-refractivity contribution in [2.75, 3.05) is 13.7 Å². The van der Waals surface area contributed by atoms with Crippen molar-refractivity contribution in [3.8, 4) is 0 Å². The van der Waals surface area contributed by atoms with Crippen molar-refractivity contribution >= 4 is 5.97 Å². The molecule has 1 aliphatic carbocycles. The van der Waals surface area contributed by atoms with Crippen molar-refractivity contribution < 1.29 is 9.53 Å². The second-order valence-corrected chi connectivity index (χ2v) is 4.98. The van der Waals surface area contributed by atoms with Crippen LogP contribution < -0.4 is 5.32 Å². The number of methoxy groups -OCH3 is 1. The van der Waals surface area contributed by atoms with Crippen molar-refractivity contribution in [1.29, 1.82) is 0 Å². The van der Waals surface area contributed by atoms with Gasteiger partial charge in [-0.1, -0.05) is 0 Å². The van der Waals surface area contributed by atoms with Crippen molar-refractivity contribution in [1.82, 2.24) is 15.3 Å². The Hall–Kier alpha value is -1.49. The monoisotopic (exact) mass is 247 g/mol. The first-order chi connectivity index (χ1) is 8.78. The smallest absolute Gasteiger partial charge is 0.357 e. The van der Waals surface area contributed by atoms with Gasteiger partial charge in [-0.25, -0.2) is 14.8 Å². The van der Waals surface area contributed by atoms with Crippen LogP contribution in [-0.4, -0.2) is 29.6 Å². The van der Waals surface area contributed by atoms with Gasteiger partial charge < -0.3 is 10.1 Å². The Morgan fingerprint density at radius 1 is 1.44 bits per heavy atom. The summed E-state index contributed by atoms with van der Waals surface area (Å²) in [7, 11) is 1.40. The van der Waals surface area contributed by atoms with E-state index in [1.54, 1.807) is 0 Å². The predicted molar refractivity (Wildman–Crippen MR) is 65.2 cm³/mol. The van der Waals surface area contributed by atoms with Crippen LogP contribution in [0.15, 0.2) is 0 Å². The van der Waals surface area contributed by atoms with Gasteiger partial charge in [-0.15, -0.1) is 0 Å². The van der Waals surface area contributed by atoms with Gasteiger partial charge in [0.25, 0.3) is 0 Å². The van der Waals surface area contributed by atoms with Crippen molar-refractivity contribution in [3.05, 3.63) is 22.8 Å². The average Bonchev–Trinajstić information content (AvgIpc) is 3.21. The number of hydrogen-bond acceptors (Lipinski definition) is 5. The van der Waals surface area contributed by atoms with Crippen molar-refractivity contribution in [2.24, 2.45) is 5.92 Å². The van der Waals surface area contributed by atoms with Gasteiger partial charge in [0.15, 0.2) is 5.69 Å². The number of nitrogens with zero attached hydrogens (tertiary/aromatic N) is 2. The number of esters is 1. The molecule has 3 rings (SSSR count). The molecule has 0 aromatic carbocycles. The third-order valence-electron chi connectivity index (χ3n) is 3.53. The number of carbonyl (C=O) groups is 1. The van der Waals surface area contributed by atoms with Crippen LogP contribution in [0.1, 0.15) is 40.4 Å². The Morgan fingerprint density at radius 3 is 3.00 bits per heavy atom. The number of rotatable bonds is 3. The number of nitrogens with one attached hydrogen (secondary N) is 1. The van der Waals surface area contributed by atoms with Crippen molar-refractivity contribution in [2.45, 2.75) is 32.2 Å². The number of aromatic nitrogens is 2. The van der Waals surface area contributed by atoms with Crippen LogP contribution in [0.5, 0.6) is 0 Å². The highest BCUT2D eigenvalue weighted by molar-refractivity contribution is 5.89. The number of ether oxygens (including phenoxy) is 1. The largest absolute Gasteiger partial charge is 0.464 e. The van der Waals surface area contributed by atoms with Gasteiger partial charge in [0.05, 0.1) is 12.8 Å². The summed E-state index contributed by atoms with van der Waals surface area (Å²) < 4.78 is 4.82. The Bertz CT molecular complexity index is 483. The number of carbonyl (C=O) groups excluding carboxylic acids is 1. The molecule has 5 heteroatoms. The quantitative estimate of drug-likeness (QED) is 0.803. The zero-order valence-corrected chi connectivity index (χ0v) is 10.5. The average molecular weight is 247 g/mol. The first-order valence-electron chi connectivity index (χ1n) is 6.45. The predicted octanol–water partition coefficient (Wildman–Crippen LogP) is 0.861. The van der Waals surface area contributed by atoms with Crippen LogP contribution in [0.25, 0.3) is 0 Å². The Balaban J connectivity index is 1.99. The molecule has 2 heterocycles. The lowest BCUT2D eigenvalue weighted by atomic mass is 10.0. The number of hydrogen-bond donors (Lipinski definition) is 1. The molecule has 0 atom stereocenters. The molecule has 1 saturated carbocycles. The molecule has 0 spiro atoms. The van der Waals surface area contributed by atoms with E-state index in [0.29, 0.717) is 12.2 Å². The van der Waals surface area contributed by atoms with Crippen LogP contribution in [0.3, 0.4) is 0 Å².